The molecule has 0 aromatic carbocycles. The summed E-state index contributed by atoms with van der Waals surface area (Å²) in [6.45, 7) is 5.19. The second-order valence-electron chi connectivity index (χ2n) is 5.94. The fourth-order valence-electron chi connectivity index (χ4n) is 2.89. The number of aryl methyl sites for hydroxylation is 1. The number of hydrogen-bond acceptors (Lipinski definition) is 6. The minimum absolute atomic E-state index is 0.0948. The lowest BCUT2D eigenvalue weighted by atomic mass is 10.2. The van der Waals surface area contributed by atoms with Gasteiger partial charge < -0.3 is 10.0 Å². The molecule has 0 radical (unpaired) electrons. The Morgan fingerprint density at radius 3 is 2.88 bits per heavy atom. The second kappa shape index (κ2) is 7.35. The van der Waals surface area contributed by atoms with Crippen LogP contribution in [-0.2, 0) is 4.79 Å². The molecular formula is C17H21N5O2. The zero-order chi connectivity index (χ0) is 16.9. The van der Waals surface area contributed by atoms with Gasteiger partial charge in [-0.1, -0.05) is 0 Å². The Kier molecular flexibility index (Phi) is 5.00. The lowest BCUT2D eigenvalue weighted by Crippen LogP contribution is -2.34. The third kappa shape index (κ3) is 4.05. The fraction of sp³-hybridized carbons (Fsp3) is 0.412. The van der Waals surface area contributed by atoms with E-state index >= 15 is 0 Å². The van der Waals surface area contributed by atoms with E-state index in [0.29, 0.717) is 5.82 Å². The quantitative estimate of drug-likeness (QED) is 0.910. The molecule has 0 atom stereocenters. The lowest BCUT2D eigenvalue weighted by Gasteiger charge is -2.22. The summed E-state index contributed by atoms with van der Waals surface area (Å²) < 4.78 is 0. The highest BCUT2D eigenvalue weighted by Gasteiger charge is 2.18. The molecule has 1 aliphatic rings. The summed E-state index contributed by atoms with van der Waals surface area (Å²) in [5.41, 5.74) is 1.80. The minimum atomic E-state index is -0.778. The number of aliphatic carboxylic acids is 1. The normalized spacial score (nSPS) is 16.0. The molecule has 1 fully saturated rings. The summed E-state index contributed by atoms with van der Waals surface area (Å²) in [6.07, 6.45) is 4.40. The zero-order valence-electron chi connectivity index (χ0n) is 13.7. The minimum Gasteiger partial charge on any atom is -0.480 e. The van der Waals surface area contributed by atoms with Crippen LogP contribution < -0.4 is 4.90 Å². The molecule has 0 amide bonds. The van der Waals surface area contributed by atoms with Gasteiger partial charge in [-0.15, -0.1) is 0 Å². The van der Waals surface area contributed by atoms with Crippen molar-refractivity contribution in [1.29, 1.82) is 0 Å². The first-order valence-corrected chi connectivity index (χ1v) is 8.07. The number of aromatic nitrogens is 3. The average Bonchev–Trinajstić information content (AvgIpc) is 2.80. The Labute approximate surface area is 141 Å². The summed E-state index contributed by atoms with van der Waals surface area (Å²) in [7, 11) is 0. The molecule has 0 bridgehead atoms. The van der Waals surface area contributed by atoms with Crippen LogP contribution in [0.4, 0.5) is 5.82 Å². The molecule has 2 aromatic heterocycles. The Morgan fingerprint density at radius 1 is 1.25 bits per heavy atom. The van der Waals surface area contributed by atoms with Gasteiger partial charge in [0, 0.05) is 55.9 Å². The third-order valence-corrected chi connectivity index (χ3v) is 4.03. The van der Waals surface area contributed by atoms with E-state index in [0.717, 1.165) is 49.7 Å². The number of hydrogen-bond donors (Lipinski definition) is 1. The molecule has 3 heterocycles. The SMILES string of the molecule is Cc1cc(N2CCCN(CC(=O)O)CC2)nc(-c2cccnc2)n1. The molecule has 1 N–H and O–H groups in total. The Balaban J connectivity index is 1.79. The van der Waals surface area contributed by atoms with Crippen LogP contribution >= 0.6 is 0 Å². The molecule has 2 aromatic rings. The summed E-state index contributed by atoms with van der Waals surface area (Å²) in [6, 6.07) is 5.80. The van der Waals surface area contributed by atoms with E-state index in [1.165, 1.54) is 0 Å². The van der Waals surface area contributed by atoms with E-state index in [1.54, 1.807) is 12.4 Å². The highest BCUT2D eigenvalue weighted by Crippen LogP contribution is 2.20. The first kappa shape index (κ1) is 16.3. The molecule has 24 heavy (non-hydrogen) atoms. The van der Waals surface area contributed by atoms with Gasteiger partial charge in [-0.05, 0) is 25.5 Å². The molecule has 0 saturated carbocycles. The van der Waals surface area contributed by atoms with Gasteiger partial charge in [0.1, 0.15) is 5.82 Å². The molecule has 0 spiro atoms. The molecule has 1 aliphatic heterocycles. The van der Waals surface area contributed by atoms with Crippen molar-refractivity contribution in [2.24, 2.45) is 0 Å². The maximum Gasteiger partial charge on any atom is 0.317 e. The number of rotatable bonds is 4. The van der Waals surface area contributed by atoms with E-state index < -0.39 is 5.97 Å². The van der Waals surface area contributed by atoms with Crippen LogP contribution in [0, 0.1) is 6.92 Å². The molecule has 126 valence electrons. The standard InChI is InChI=1S/C17H21N5O2/c1-13-10-15(20-17(19-13)14-4-2-5-18-11-14)22-7-3-6-21(8-9-22)12-16(23)24/h2,4-5,10-11H,3,6-9,12H2,1H3,(H,23,24). The molecule has 7 nitrogen and oxygen atoms in total. The molecule has 1 saturated heterocycles. The average molecular weight is 327 g/mol. The van der Waals surface area contributed by atoms with Crippen LogP contribution in [0.5, 0.6) is 0 Å². The van der Waals surface area contributed by atoms with Crippen LogP contribution in [0.15, 0.2) is 30.6 Å². The first-order valence-electron chi connectivity index (χ1n) is 8.07. The van der Waals surface area contributed by atoms with Crippen molar-refractivity contribution in [1.82, 2.24) is 19.9 Å². The van der Waals surface area contributed by atoms with E-state index in [2.05, 4.69) is 14.9 Å². The van der Waals surface area contributed by atoms with Gasteiger partial charge in [-0.2, -0.15) is 0 Å². The predicted octanol–water partition coefficient (Wildman–Crippen LogP) is 1.44. The highest BCUT2D eigenvalue weighted by atomic mass is 16.4. The van der Waals surface area contributed by atoms with Crippen LogP contribution in [0.1, 0.15) is 12.1 Å². The van der Waals surface area contributed by atoms with Gasteiger partial charge in [0.05, 0.1) is 6.54 Å². The number of nitrogens with zero attached hydrogens (tertiary/aromatic N) is 5. The van der Waals surface area contributed by atoms with Gasteiger partial charge >= 0.3 is 5.97 Å². The zero-order valence-corrected chi connectivity index (χ0v) is 13.7. The molecule has 0 unspecified atom stereocenters. The molecule has 7 heteroatoms. The van der Waals surface area contributed by atoms with Gasteiger partial charge in [0.2, 0.25) is 0 Å². The fourth-order valence-corrected chi connectivity index (χ4v) is 2.89. The molecule has 0 aliphatic carbocycles. The van der Waals surface area contributed by atoms with E-state index in [9.17, 15) is 4.79 Å². The summed E-state index contributed by atoms with van der Waals surface area (Å²) in [4.78, 5) is 28.4. The van der Waals surface area contributed by atoms with E-state index in [4.69, 9.17) is 10.1 Å². The van der Waals surface area contributed by atoms with Crippen molar-refractivity contribution in [2.45, 2.75) is 13.3 Å². The Hall–Kier alpha value is -2.54. The number of carboxylic acid groups (broad SMARTS) is 1. The van der Waals surface area contributed by atoms with E-state index in [-0.39, 0.29) is 6.54 Å². The largest absolute Gasteiger partial charge is 0.480 e. The predicted molar refractivity (Wildman–Crippen MR) is 90.9 cm³/mol. The number of carbonyl (C=O) groups is 1. The van der Waals surface area contributed by atoms with Gasteiger partial charge in [0.15, 0.2) is 5.82 Å². The maximum atomic E-state index is 10.9. The third-order valence-electron chi connectivity index (χ3n) is 4.03. The van der Waals surface area contributed by atoms with Gasteiger partial charge in [-0.3, -0.25) is 14.7 Å². The van der Waals surface area contributed by atoms with Crippen LogP contribution in [-0.4, -0.2) is 63.7 Å². The van der Waals surface area contributed by atoms with Crippen molar-refractivity contribution < 1.29 is 9.90 Å². The molecular weight excluding hydrogens is 306 g/mol. The Bertz CT molecular complexity index is 707. The van der Waals surface area contributed by atoms with Crippen LogP contribution in [0.2, 0.25) is 0 Å². The second-order valence-corrected chi connectivity index (χ2v) is 5.94. The summed E-state index contributed by atoms with van der Waals surface area (Å²) in [5.74, 6) is 0.781. The summed E-state index contributed by atoms with van der Waals surface area (Å²) >= 11 is 0. The van der Waals surface area contributed by atoms with Gasteiger partial charge in [-0.25, -0.2) is 9.97 Å². The number of carboxylic acids is 1. The first-order chi connectivity index (χ1) is 11.6. The van der Waals surface area contributed by atoms with Crippen molar-refractivity contribution in [2.75, 3.05) is 37.6 Å². The summed E-state index contributed by atoms with van der Waals surface area (Å²) in [5, 5.41) is 8.96. The Morgan fingerprint density at radius 2 is 2.12 bits per heavy atom. The maximum absolute atomic E-state index is 10.9. The number of anilines is 1. The van der Waals surface area contributed by atoms with E-state index in [1.807, 2.05) is 30.0 Å². The van der Waals surface area contributed by atoms with Crippen molar-refractivity contribution in [3.8, 4) is 11.4 Å². The van der Waals surface area contributed by atoms with Crippen molar-refractivity contribution in [3.63, 3.8) is 0 Å². The topological polar surface area (TPSA) is 82.5 Å². The highest BCUT2D eigenvalue weighted by molar-refractivity contribution is 5.69. The van der Waals surface area contributed by atoms with Crippen molar-refractivity contribution in [3.05, 3.63) is 36.3 Å². The van der Waals surface area contributed by atoms with Crippen LogP contribution in [0.3, 0.4) is 0 Å². The van der Waals surface area contributed by atoms with Gasteiger partial charge in [0.25, 0.3) is 0 Å². The van der Waals surface area contributed by atoms with Crippen LogP contribution in [0.25, 0.3) is 11.4 Å². The molecule has 3 rings (SSSR count). The van der Waals surface area contributed by atoms with Crippen molar-refractivity contribution >= 4 is 11.8 Å². The lowest BCUT2D eigenvalue weighted by molar-refractivity contribution is -0.138. The smallest absolute Gasteiger partial charge is 0.317 e. The number of pyridine rings is 1. The monoisotopic (exact) mass is 327 g/mol.